The maximum atomic E-state index is 12.9. The van der Waals surface area contributed by atoms with Crippen LogP contribution in [0.25, 0.3) is 0 Å². The number of ether oxygens (including phenoxy) is 1. The second kappa shape index (κ2) is 9.44. The molecule has 0 atom stereocenters. The number of rotatable bonds is 4. The van der Waals surface area contributed by atoms with Crippen molar-refractivity contribution in [2.75, 3.05) is 51.2 Å². The van der Waals surface area contributed by atoms with E-state index in [1.807, 2.05) is 4.90 Å². The molecule has 1 heterocycles. The minimum Gasteiger partial charge on any atom is -0.444 e. The molecular weight excluding hydrogens is 401 g/mol. The Morgan fingerprint density at radius 1 is 1.13 bits per heavy atom. The van der Waals surface area contributed by atoms with Crippen molar-refractivity contribution in [2.24, 2.45) is 0 Å². The Hall–Kier alpha value is -2.65. The molecule has 30 heavy (non-hydrogen) atoms. The fourth-order valence-corrected chi connectivity index (χ4v) is 2.92. The van der Waals surface area contributed by atoms with Gasteiger partial charge in [-0.05, 0) is 39.0 Å². The number of hydrogen-bond donors (Lipinski definition) is 1. The molecular formula is C20H29F3N4O3. The van der Waals surface area contributed by atoms with E-state index in [0.29, 0.717) is 38.4 Å². The number of carbonyl (C=O) groups is 2. The molecule has 3 amide bonds. The molecule has 168 valence electrons. The third-order valence-corrected chi connectivity index (χ3v) is 4.53. The van der Waals surface area contributed by atoms with Crippen molar-refractivity contribution in [2.45, 2.75) is 32.5 Å². The topological polar surface area (TPSA) is 65.1 Å². The van der Waals surface area contributed by atoms with Crippen molar-refractivity contribution in [1.29, 1.82) is 0 Å². The summed E-state index contributed by atoms with van der Waals surface area (Å²) >= 11 is 0. The zero-order valence-corrected chi connectivity index (χ0v) is 17.8. The van der Waals surface area contributed by atoms with E-state index in [1.165, 1.54) is 11.0 Å². The van der Waals surface area contributed by atoms with Gasteiger partial charge in [-0.2, -0.15) is 13.2 Å². The number of amides is 3. The van der Waals surface area contributed by atoms with Gasteiger partial charge in [-0.1, -0.05) is 6.07 Å². The van der Waals surface area contributed by atoms with Crippen molar-refractivity contribution in [3.8, 4) is 0 Å². The molecule has 0 bridgehead atoms. The SMILES string of the molecule is CN(CCNC(=O)N1CCN(c2cccc(C(F)(F)F)c2)CC1)C(=O)OC(C)(C)C. The molecule has 1 aromatic carbocycles. The van der Waals surface area contributed by atoms with E-state index in [9.17, 15) is 22.8 Å². The van der Waals surface area contributed by atoms with Crippen molar-refractivity contribution in [1.82, 2.24) is 15.1 Å². The Morgan fingerprint density at radius 2 is 1.77 bits per heavy atom. The first-order chi connectivity index (χ1) is 13.9. The molecule has 1 aromatic rings. The zero-order valence-electron chi connectivity index (χ0n) is 17.8. The van der Waals surface area contributed by atoms with Crippen molar-refractivity contribution in [3.63, 3.8) is 0 Å². The van der Waals surface area contributed by atoms with Gasteiger partial charge in [-0.15, -0.1) is 0 Å². The third-order valence-electron chi connectivity index (χ3n) is 4.53. The highest BCUT2D eigenvalue weighted by atomic mass is 19.4. The van der Waals surface area contributed by atoms with E-state index in [4.69, 9.17) is 4.74 Å². The second-order valence-electron chi connectivity index (χ2n) is 8.16. The van der Waals surface area contributed by atoms with Crippen LogP contribution in [0.2, 0.25) is 0 Å². The van der Waals surface area contributed by atoms with Gasteiger partial charge in [-0.3, -0.25) is 0 Å². The average Bonchev–Trinajstić information content (AvgIpc) is 2.66. The molecule has 0 aliphatic carbocycles. The van der Waals surface area contributed by atoms with Crippen LogP contribution in [0, 0.1) is 0 Å². The van der Waals surface area contributed by atoms with Crippen molar-refractivity contribution >= 4 is 17.8 Å². The molecule has 7 nitrogen and oxygen atoms in total. The van der Waals surface area contributed by atoms with Crippen LogP contribution >= 0.6 is 0 Å². The molecule has 1 N–H and O–H groups in total. The van der Waals surface area contributed by atoms with Crippen LogP contribution in [0.1, 0.15) is 26.3 Å². The van der Waals surface area contributed by atoms with Crippen LogP contribution in [-0.4, -0.2) is 73.8 Å². The predicted molar refractivity (Wildman–Crippen MR) is 107 cm³/mol. The van der Waals surface area contributed by atoms with Crippen LogP contribution in [0.4, 0.5) is 28.4 Å². The quantitative estimate of drug-likeness (QED) is 0.795. The van der Waals surface area contributed by atoms with Gasteiger partial charge in [0.1, 0.15) is 5.60 Å². The van der Waals surface area contributed by atoms with E-state index in [0.717, 1.165) is 12.1 Å². The van der Waals surface area contributed by atoms with Crippen LogP contribution in [0.5, 0.6) is 0 Å². The van der Waals surface area contributed by atoms with E-state index >= 15 is 0 Å². The first-order valence-electron chi connectivity index (χ1n) is 9.76. The largest absolute Gasteiger partial charge is 0.444 e. The fourth-order valence-electron chi connectivity index (χ4n) is 2.92. The number of carbonyl (C=O) groups excluding carboxylic acids is 2. The Balaban J connectivity index is 1.77. The first kappa shape index (κ1) is 23.6. The number of alkyl halides is 3. The number of halogens is 3. The summed E-state index contributed by atoms with van der Waals surface area (Å²) in [5.41, 5.74) is -0.786. The lowest BCUT2D eigenvalue weighted by atomic mass is 10.1. The lowest BCUT2D eigenvalue weighted by Gasteiger charge is -2.36. The van der Waals surface area contributed by atoms with Crippen molar-refractivity contribution in [3.05, 3.63) is 29.8 Å². The van der Waals surface area contributed by atoms with Gasteiger partial charge >= 0.3 is 18.3 Å². The lowest BCUT2D eigenvalue weighted by Crippen LogP contribution is -2.52. The van der Waals surface area contributed by atoms with Gasteiger partial charge in [0.2, 0.25) is 0 Å². The van der Waals surface area contributed by atoms with Crippen LogP contribution in [0.3, 0.4) is 0 Å². The van der Waals surface area contributed by atoms with Gasteiger partial charge in [0.05, 0.1) is 5.56 Å². The summed E-state index contributed by atoms with van der Waals surface area (Å²) in [5, 5.41) is 2.75. The van der Waals surface area contributed by atoms with Crippen molar-refractivity contribution < 1.29 is 27.5 Å². The molecule has 2 rings (SSSR count). The number of likely N-dealkylation sites (N-methyl/N-ethyl adjacent to an activating group) is 1. The van der Waals surface area contributed by atoms with Crippen LogP contribution in [-0.2, 0) is 10.9 Å². The minimum absolute atomic E-state index is 0.266. The number of nitrogens with one attached hydrogen (secondary N) is 1. The Kier molecular flexibility index (Phi) is 7.44. The summed E-state index contributed by atoms with van der Waals surface area (Å²) in [4.78, 5) is 29.0. The van der Waals surface area contributed by atoms with Gasteiger partial charge in [0.25, 0.3) is 0 Å². The Bertz CT molecular complexity index is 742. The lowest BCUT2D eigenvalue weighted by molar-refractivity contribution is -0.137. The maximum absolute atomic E-state index is 12.9. The molecule has 0 spiro atoms. The Morgan fingerprint density at radius 3 is 2.33 bits per heavy atom. The third kappa shape index (κ3) is 7.00. The van der Waals surface area contributed by atoms with Crippen LogP contribution < -0.4 is 10.2 Å². The van der Waals surface area contributed by atoms with Gasteiger partial charge in [-0.25, -0.2) is 9.59 Å². The Labute approximate surface area is 174 Å². The molecule has 0 radical (unpaired) electrons. The number of urea groups is 1. The molecule has 0 saturated carbocycles. The van der Waals surface area contributed by atoms with Gasteiger partial charge in [0, 0.05) is 52.0 Å². The van der Waals surface area contributed by atoms with Gasteiger partial charge in [0.15, 0.2) is 0 Å². The summed E-state index contributed by atoms with van der Waals surface area (Å²) < 4.78 is 43.9. The fraction of sp³-hybridized carbons (Fsp3) is 0.600. The number of hydrogen-bond acceptors (Lipinski definition) is 4. The summed E-state index contributed by atoms with van der Waals surface area (Å²) in [6.45, 7) is 7.55. The van der Waals surface area contributed by atoms with E-state index < -0.39 is 23.4 Å². The molecule has 0 unspecified atom stereocenters. The monoisotopic (exact) mass is 430 g/mol. The minimum atomic E-state index is -4.38. The molecule has 1 saturated heterocycles. The highest BCUT2D eigenvalue weighted by molar-refractivity contribution is 5.74. The van der Waals surface area contributed by atoms with E-state index in [2.05, 4.69) is 5.32 Å². The number of benzene rings is 1. The summed E-state index contributed by atoms with van der Waals surface area (Å²) in [6, 6.07) is 4.93. The maximum Gasteiger partial charge on any atom is 0.416 e. The highest BCUT2D eigenvalue weighted by Crippen LogP contribution is 2.31. The molecule has 0 aromatic heterocycles. The standard InChI is InChI=1S/C20H29F3N4O3/c1-19(2,3)30-18(29)25(4)9-8-24-17(28)27-12-10-26(11-13-27)16-7-5-6-15(14-16)20(21,22)23/h5-7,14H,8-13H2,1-4H3,(H,24,28). The second-order valence-corrected chi connectivity index (χ2v) is 8.16. The van der Waals surface area contributed by atoms with E-state index in [-0.39, 0.29) is 12.6 Å². The number of piperazine rings is 1. The van der Waals surface area contributed by atoms with E-state index in [1.54, 1.807) is 38.8 Å². The number of anilines is 1. The van der Waals surface area contributed by atoms with Gasteiger partial charge < -0.3 is 24.8 Å². The molecule has 1 aliphatic rings. The summed E-state index contributed by atoms with van der Waals surface area (Å²) in [6.07, 6.45) is -4.85. The average molecular weight is 430 g/mol. The highest BCUT2D eigenvalue weighted by Gasteiger charge is 2.31. The molecule has 10 heteroatoms. The summed E-state index contributed by atoms with van der Waals surface area (Å²) in [5.74, 6) is 0. The summed E-state index contributed by atoms with van der Waals surface area (Å²) in [7, 11) is 1.59. The zero-order chi connectivity index (χ0) is 22.5. The molecule has 1 aliphatic heterocycles. The first-order valence-corrected chi connectivity index (χ1v) is 9.76. The smallest absolute Gasteiger partial charge is 0.416 e. The number of nitrogens with zero attached hydrogens (tertiary/aromatic N) is 3. The predicted octanol–water partition coefficient (Wildman–Crippen LogP) is 3.40. The van der Waals surface area contributed by atoms with Crippen LogP contribution in [0.15, 0.2) is 24.3 Å². The molecule has 1 fully saturated rings. The normalized spacial score (nSPS) is 15.0.